The van der Waals surface area contributed by atoms with Gasteiger partial charge in [0, 0.05) is 28.2 Å². The van der Waals surface area contributed by atoms with Crippen LogP contribution >= 0.6 is 0 Å². The summed E-state index contributed by atoms with van der Waals surface area (Å²) in [7, 11) is -8.81. The molecule has 0 atom stereocenters. The maximum atomic E-state index is 13.3. The van der Waals surface area contributed by atoms with Crippen LogP contribution in [0.25, 0.3) is 0 Å². The molecule has 6 N–H and O–H groups in total. The summed E-state index contributed by atoms with van der Waals surface area (Å²) in [5.74, 6) is -2.44. The maximum Gasteiger partial charge on any atom is 1.00 e. The zero-order valence-corrected chi connectivity index (χ0v) is 40.1. The van der Waals surface area contributed by atoms with Crippen molar-refractivity contribution < 1.29 is 110 Å². The summed E-state index contributed by atoms with van der Waals surface area (Å²) in [6, 6.07) is 30.3. The third kappa shape index (κ3) is 13.6. The molecule has 2 amide bonds. The first-order valence-corrected chi connectivity index (χ1v) is 21.0. The molecule has 0 aliphatic rings. The SMILES string of the molecule is Cc1ccc(C(=O)Nc2ccc(S(=O)(=O)O)cc2)cc1N=C([O-])c1cccc(N=C(O)Nc2cccc(C([O-])=Nc3cc(C(=O)Nc4ccc(S(=O)(=O)O)cc4)ccc3C)c2)c1.[Na+].[Na+]. The smallest absolute Gasteiger partial charge is 0.858 e. The van der Waals surface area contributed by atoms with E-state index in [4.69, 9.17) is 0 Å². The van der Waals surface area contributed by atoms with E-state index in [2.05, 4.69) is 30.9 Å². The van der Waals surface area contributed by atoms with E-state index in [0.717, 1.165) is 24.3 Å². The van der Waals surface area contributed by atoms with Gasteiger partial charge in [-0.3, -0.25) is 28.7 Å². The predicted molar refractivity (Wildman–Crippen MR) is 229 cm³/mol. The van der Waals surface area contributed by atoms with Crippen LogP contribution in [0.3, 0.4) is 0 Å². The Morgan fingerprint density at radius 3 is 1.36 bits per heavy atom. The molecule has 6 aromatic carbocycles. The number of amides is 2. The van der Waals surface area contributed by atoms with Crippen LogP contribution in [0.5, 0.6) is 0 Å². The number of hydrogen-bond acceptors (Lipinski definition) is 11. The van der Waals surface area contributed by atoms with Crippen molar-refractivity contribution >= 4 is 84.0 Å². The summed E-state index contributed by atoms with van der Waals surface area (Å²) < 4.78 is 63.6. The zero-order valence-electron chi connectivity index (χ0n) is 34.5. The molecule has 0 spiro atoms. The number of carbonyl (C=O) groups excluding carboxylic acids is 2. The molecule has 64 heavy (non-hydrogen) atoms. The Labute approximate surface area is 411 Å². The fraction of sp³-hybridized carbons (Fsp3) is 0.0465. The number of aliphatic hydroxyl groups is 1. The van der Waals surface area contributed by atoms with Crippen molar-refractivity contribution in [1.29, 1.82) is 0 Å². The Hall–Kier alpha value is -5.71. The Morgan fingerprint density at radius 2 is 0.922 bits per heavy atom. The first-order valence-electron chi connectivity index (χ1n) is 18.1. The molecular formula is C43H34N6Na2O11S2. The molecule has 0 fully saturated rings. The number of amidine groups is 1. The summed E-state index contributed by atoms with van der Waals surface area (Å²) in [6.07, 6.45) is 0. The predicted octanol–water partition coefficient (Wildman–Crippen LogP) is -0.156. The molecule has 0 radical (unpaired) electrons. The minimum atomic E-state index is -4.40. The van der Waals surface area contributed by atoms with Crippen LogP contribution in [0.15, 0.2) is 158 Å². The number of benzene rings is 6. The first-order chi connectivity index (χ1) is 29.3. The second kappa shape index (κ2) is 21.8. The molecule has 316 valence electrons. The maximum absolute atomic E-state index is 13.3. The molecule has 0 saturated carbocycles. The van der Waals surface area contributed by atoms with Gasteiger partial charge in [-0.2, -0.15) is 21.8 Å². The second-order valence-electron chi connectivity index (χ2n) is 13.4. The third-order valence-electron chi connectivity index (χ3n) is 8.90. The topological polar surface area (TPSA) is 282 Å². The molecule has 0 aliphatic carbocycles. The normalized spacial score (nSPS) is 12.0. The summed E-state index contributed by atoms with van der Waals surface area (Å²) in [5.41, 5.74) is 3.16. The van der Waals surface area contributed by atoms with Crippen LogP contribution in [-0.4, -0.2) is 60.7 Å². The Balaban J connectivity index is 0.00000449. The van der Waals surface area contributed by atoms with Gasteiger partial charge >= 0.3 is 59.1 Å². The number of anilines is 3. The van der Waals surface area contributed by atoms with Crippen molar-refractivity contribution in [2.24, 2.45) is 15.0 Å². The van der Waals surface area contributed by atoms with Gasteiger partial charge < -0.3 is 31.3 Å². The molecule has 0 heterocycles. The van der Waals surface area contributed by atoms with Crippen molar-refractivity contribution in [3.05, 3.63) is 167 Å². The molecule has 0 saturated heterocycles. The fourth-order valence-corrected chi connectivity index (χ4v) is 6.59. The van der Waals surface area contributed by atoms with Gasteiger partial charge in [-0.15, -0.1) is 0 Å². The second-order valence-corrected chi connectivity index (χ2v) is 16.3. The van der Waals surface area contributed by atoms with Crippen molar-refractivity contribution in [2.45, 2.75) is 23.6 Å². The number of rotatable bonds is 12. The molecule has 6 aromatic rings. The number of aliphatic imine (C=N–C) groups is 3. The van der Waals surface area contributed by atoms with Gasteiger partial charge in [0.05, 0.1) is 26.9 Å². The van der Waals surface area contributed by atoms with Crippen molar-refractivity contribution in [3.8, 4) is 0 Å². The zero-order chi connectivity index (χ0) is 44.8. The quantitative estimate of drug-likeness (QED) is 0.0405. The monoisotopic (exact) mass is 920 g/mol. The molecule has 0 aliphatic heterocycles. The molecule has 0 aromatic heterocycles. The molecule has 6 rings (SSSR count). The van der Waals surface area contributed by atoms with Crippen molar-refractivity contribution in [2.75, 3.05) is 16.0 Å². The van der Waals surface area contributed by atoms with Gasteiger partial charge in [0.2, 0.25) is 0 Å². The summed E-state index contributed by atoms with van der Waals surface area (Å²) in [5, 5.41) is 45.1. The molecule has 21 heteroatoms. The van der Waals surface area contributed by atoms with Gasteiger partial charge in [-0.25, -0.2) is 0 Å². The van der Waals surface area contributed by atoms with E-state index >= 15 is 0 Å². The summed E-state index contributed by atoms with van der Waals surface area (Å²) in [4.78, 5) is 37.7. The third-order valence-corrected chi connectivity index (χ3v) is 10.6. The van der Waals surface area contributed by atoms with E-state index in [1.54, 1.807) is 38.1 Å². The van der Waals surface area contributed by atoms with E-state index in [1.807, 2.05) is 0 Å². The number of hydrogen-bond donors (Lipinski definition) is 6. The average Bonchev–Trinajstić information content (AvgIpc) is 3.22. The Bertz CT molecular complexity index is 3040. The number of nitrogens with one attached hydrogen (secondary N) is 3. The van der Waals surface area contributed by atoms with Gasteiger partial charge in [0.1, 0.15) is 0 Å². The van der Waals surface area contributed by atoms with Gasteiger partial charge in [0.25, 0.3) is 38.1 Å². The number of aryl methyl sites for hydroxylation is 2. The average molecular weight is 921 g/mol. The van der Waals surface area contributed by atoms with Crippen LogP contribution in [0.4, 0.5) is 34.1 Å². The van der Waals surface area contributed by atoms with E-state index in [9.17, 15) is 50.8 Å². The van der Waals surface area contributed by atoms with Crippen LogP contribution in [-0.2, 0) is 20.2 Å². The van der Waals surface area contributed by atoms with Crippen molar-refractivity contribution in [3.63, 3.8) is 0 Å². The van der Waals surface area contributed by atoms with Gasteiger partial charge in [0.15, 0.2) is 0 Å². The standard InChI is InChI=1S/C43H36N6O11S2.2Na/c1-25-9-11-29(39(50)44-31-13-17-35(18-14-31)61(55,56)57)23-37(25)48-41(52)27-5-3-7-33(21-27)46-43(54)47-34-8-4-6-28(22-34)42(53)49-38-24-30(12-10-26(38)2)40(51)45-32-15-19-36(20-16-32)62(58,59)60;;/h3-24H,1-2H3,(H,44,50)(H,45,51)(H,48,52)(H,49,53)(H2,46,47,54)(H,55,56,57)(H,58,59,60);;/q;2*+1/p-2. The molecule has 0 bridgehead atoms. The van der Waals surface area contributed by atoms with Crippen LogP contribution in [0, 0.1) is 13.8 Å². The van der Waals surface area contributed by atoms with Crippen LogP contribution in [0.1, 0.15) is 43.0 Å². The number of aliphatic hydroxyl groups excluding tert-OH is 1. The molecule has 17 nitrogen and oxygen atoms in total. The van der Waals surface area contributed by atoms with E-state index in [-0.39, 0.29) is 125 Å². The van der Waals surface area contributed by atoms with Gasteiger partial charge in [-0.1, -0.05) is 36.4 Å². The number of carbonyl (C=O) groups is 2. The molecular weight excluding hydrogens is 887 g/mol. The van der Waals surface area contributed by atoms with Crippen LogP contribution in [0.2, 0.25) is 0 Å². The van der Waals surface area contributed by atoms with E-state index < -0.39 is 49.9 Å². The number of nitrogens with zero attached hydrogens (tertiary/aromatic N) is 3. The van der Waals surface area contributed by atoms with E-state index in [1.165, 1.54) is 84.9 Å². The first kappa shape index (κ1) is 50.9. The minimum Gasteiger partial charge on any atom is -0.858 e. The summed E-state index contributed by atoms with van der Waals surface area (Å²) in [6.45, 7) is 3.40. The van der Waals surface area contributed by atoms with E-state index in [0.29, 0.717) is 11.1 Å². The van der Waals surface area contributed by atoms with Crippen molar-refractivity contribution in [1.82, 2.24) is 0 Å². The Morgan fingerprint density at radius 1 is 0.500 bits per heavy atom. The van der Waals surface area contributed by atoms with Crippen LogP contribution < -0.4 is 85.3 Å². The Kier molecular flexibility index (Phi) is 17.3. The summed E-state index contributed by atoms with van der Waals surface area (Å²) >= 11 is 0. The molecule has 0 unspecified atom stereocenters. The largest absolute Gasteiger partial charge is 1.00 e. The minimum absolute atomic E-state index is 0. The van der Waals surface area contributed by atoms with Gasteiger partial charge in [-0.05, 0) is 145 Å². The fourth-order valence-electron chi connectivity index (χ4n) is 5.63.